The van der Waals surface area contributed by atoms with Crippen molar-refractivity contribution < 1.29 is 14.7 Å². The molecular formula is C15H19NO3S. The van der Waals surface area contributed by atoms with E-state index in [4.69, 9.17) is 0 Å². The van der Waals surface area contributed by atoms with Gasteiger partial charge in [-0.25, -0.2) is 4.79 Å². The van der Waals surface area contributed by atoms with Crippen LogP contribution < -0.4 is 0 Å². The standard InChI is InChI=1S/C15H19NO3S/c1-10(9-20)13(17)16-8-12-6-4-3-5-11(12)7-15(16,2)14(18)19/h3-6,10,20H,7-9H2,1-2H3,(H,18,19). The summed E-state index contributed by atoms with van der Waals surface area (Å²) in [6.07, 6.45) is 0.337. The van der Waals surface area contributed by atoms with E-state index in [1.165, 1.54) is 4.90 Å². The number of aliphatic carboxylic acids is 1. The van der Waals surface area contributed by atoms with E-state index in [0.29, 0.717) is 18.7 Å². The molecular weight excluding hydrogens is 274 g/mol. The van der Waals surface area contributed by atoms with E-state index in [-0.39, 0.29) is 11.8 Å². The van der Waals surface area contributed by atoms with E-state index in [1.54, 1.807) is 13.8 Å². The lowest BCUT2D eigenvalue weighted by Crippen LogP contribution is -2.59. The smallest absolute Gasteiger partial charge is 0.329 e. The van der Waals surface area contributed by atoms with Crippen LogP contribution in [-0.4, -0.2) is 33.2 Å². The fraction of sp³-hybridized carbons (Fsp3) is 0.467. The second-order valence-corrected chi connectivity index (χ2v) is 5.90. The van der Waals surface area contributed by atoms with Crippen molar-refractivity contribution in [3.63, 3.8) is 0 Å². The number of hydrogen-bond donors (Lipinski definition) is 2. The van der Waals surface area contributed by atoms with E-state index in [9.17, 15) is 14.7 Å². The average Bonchev–Trinajstić information content (AvgIpc) is 2.44. The van der Waals surface area contributed by atoms with Crippen LogP contribution in [0.1, 0.15) is 25.0 Å². The van der Waals surface area contributed by atoms with E-state index in [1.807, 2.05) is 24.3 Å². The van der Waals surface area contributed by atoms with Crippen LogP contribution in [0.25, 0.3) is 0 Å². The first kappa shape index (κ1) is 14.9. The molecule has 1 aromatic carbocycles. The zero-order valence-corrected chi connectivity index (χ0v) is 12.6. The third-order valence-corrected chi connectivity index (χ3v) is 4.55. The quantitative estimate of drug-likeness (QED) is 0.838. The lowest BCUT2D eigenvalue weighted by molar-refractivity contribution is -0.161. The second kappa shape index (κ2) is 5.48. The van der Waals surface area contributed by atoms with Crippen molar-refractivity contribution >= 4 is 24.5 Å². The van der Waals surface area contributed by atoms with Crippen LogP contribution in [0.5, 0.6) is 0 Å². The molecule has 0 saturated carbocycles. The number of amides is 1. The Hall–Kier alpha value is -1.49. The molecule has 0 saturated heterocycles. The topological polar surface area (TPSA) is 57.6 Å². The molecule has 0 fully saturated rings. The van der Waals surface area contributed by atoms with Crippen LogP contribution in [0, 0.1) is 5.92 Å². The number of nitrogens with zero attached hydrogens (tertiary/aromatic N) is 1. The molecule has 0 aromatic heterocycles. The highest BCUT2D eigenvalue weighted by atomic mass is 32.1. The van der Waals surface area contributed by atoms with Gasteiger partial charge >= 0.3 is 5.97 Å². The Bertz CT molecular complexity index is 546. The van der Waals surface area contributed by atoms with Crippen LogP contribution >= 0.6 is 12.6 Å². The number of carbonyl (C=O) groups is 2. The number of thiol groups is 1. The first-order valence-electron chi connectivity index (χ1n) is 6.62. The minimum absolute atomic E-state index is 0.153. The van der Waals surface area contributed by atoms with Crippen molar-refractivity contribution in [1.82, 2.24) is 4.90 Å². The molecule has 5 heteroatoms. The van der Waals surface area contributed by atoms with E-state index in [2.05, 4.69) is 12.6 Å². The Balaban J connectivity index is 2.43. The predicted octanol–water partition coefficient (Wildman–Crippen LogP) is 1.98. The van der Waals surface area contributed by atoms with Crippen molar-refractivity contribution in [2.45, 2.75) is 32.4 Å². The first-order valence-corrected chi connectivity index (χ1v) is 7.26. The van der Waals surface area contributed by atoms with Crippen molar-refractivity contribution in [2.75, 3.05) is 5.75 Å². The van der Waals surface area contributed by atoms with E-state index in [0.717, 1.165) is 11.1 Å². The number of carbonyl (C=O) groups excluding carboxylic acids is 1. The van der Waals surface area contributed by atoms with Crippen LogP contribution in [0.3, 0.4) is 0 Å². The maximum absolute atomic E-state index is 12.5. The predicted molar refractivity (Wildman–Crippen MR) is 79.8 cm³/mol. The molecule has 2 unspecified atom stereocenters. The Morgan fingerprint density at radius 3 is 2.55 bits per heavy atom. The number of benzene rings is 1. The monoisotopic (exact) mass is 293 g/mol. The molecule has 4 nitrogen and oxygen atoms in total. The average molecular weight is 293 g/mol. The molecule has 0 spiro atoms. The van der Waals surface area contributed by atoms with Gasteiger partial charge in [-0.15, -0.1) is 0 Å². The van der Waals surface area contributed by atoms with Gasteiger partial charge in [0.25, 0.3) is 0 Å². The van der Waals surface area contributed by atoms with Gasteiger partial charge in [-0.2, -0.15) is 12.6 Å². The van der Waals surface area contributed by atoms with Crippen LogP contribution in [0.4, 0.5) is 0 Å². The first-order chi connectivity index (χ1) is 9.40. The normalized spacial score (nSPS) is 23.1. The minimum atomic E-state index is -1.19. The van der Waals surface area contributed by atoms with Crippen molar-refractivity contribution in [3.8, 4) is 0 Å². The summed E-state index contributed by atoms with van der Waals surface area (Å²) in [5.41, 5.74) is 0.828. The second-order valence-electron chi connectivity index (χ2n) is 5.53. The molecule has 0 radical (unpaired) electrons. The maximum atomic E-state index is 12.5. The van der Waals surface area contributed by atoms with Crippen molar-refractivity contribution in [2.24, 2.45) is 5.92 Å². The van der Waals surface area contributed by atoms with Crippen molar-refractivity contribution in [1.29, 1.82) is 0 Å². The summed E-state index contributed by atoms with van der Waals surface area (Å²) in [5.74, 6) is -0.999. The summed E-state index contributed by atoms with van der Waals surface area (Å²) >= 11 is 4.14. The summed E-state index contributed by atoms with van der Waals surface area (Å²) in [7, 11) is 0. The largest absolute Gasteiger partial charge is 0.479 e. The maximum Gasteiger partial charge on any atom is 0.329 e. The Morgan fingerprint density at radius 1 is 1.40 bits per heavy atom. The van der Waals surface area contributed by atoms with E-state index >= 15 is 0 Å². The van der Waals surface area contributed by atoms with Gasteiger partial charge in [-0.3, -0.25) is 4.79 Å². The molecule has 0 bridgehead atoms. The molecule has 108 valence electrons. The third-order valence-electron chi connectivity index (χ3n) is 4.00. The summed E-state index contributed by atoms with van der Waals surface area (Å²) in [6, 6.07) is 7.69. The minimum Gasteiger partial charge on any atom is -0.479 e. The molecule has 1 N–H and O–H groups in total. The molecule has 0 aliphatic carbocycles. The van der Waals surface area contributed by atoms with Gasteiger partial charge in [0, 0.05) is 24.6 Å². The zero-order valence-electron chi connectivity index (χ0n) is 11.7. The Kier molecular flexibility index (Phi) is 4.09. The van der Waals surface area contributed by atoms with Gasteiger partial charge in [0.1, 0.15) is 5.54 Å². The van der Waals surface area contributed by atoms with Crippen LogP contribution in [-0.2, 0) is 22.6 Å². The highest BCUT2D eigenvalue weighted by Gasteiger charge is 2.46. The number of carboxylic acids is 1. The molecule has 20 heavy (non-hydrogen) atoms. The van der Waals surface area contributed by atoms with Gasteiger partial charge in [0.2, 0.25) is 5.91 Å². The Labute approximate surface area is 124 Å². The van der Waals surface area contributed by atoms with Crippen LogP contribution in [0.2, 0.25) is 0 Å². The third kappa shape index (κ3) is 2.42. The SMILES string of the molecule is CC(CS)C(=O)N1Cc2ccccc2CC1(C)C(=O)O. The molecule has 1 aliphatic heterocycles. The van der Waals surface area contributed by atoms with Gasteiger partial charge in [-0.1, -0.05) is 31.2 Å². The highest BCUT2D eigenvalue weighted by molar-refractivity contribution is 7.80. The summed E-state index contributed by atoms with van der Waals surface area (Å²) in [4.78, 5) is 25.7. The highest BCUT2D eigenvalue weighted by Crippen LogP contribution is 2.32. The molecule has 1 heterocycles. The zero-order chi connectivity index (χ0) is 14.9. The lowest BCUT2D eigenvalue weighted by atomic mass is 9.83. The van der Waals surface area contributed by atoms with Crippen LogP contribution in [0.15, 0.2) is 24.3 Å². The summed E-state index contributed by atoms with van der Waals surface area (Å²) in [6.45, 7) is 3.74. The van der Waals surface area contributed by atoms with Gasteiger partial charge in [0.15, 0.2) is 0 Å². The molecule has 2 rings (SSSR count). The number of carboxylic acid groups (broad SMARTS) is 1. The fourth-order valence-electron chi connectivity index (χ4n) is 2.55. The molecule has 1 aromatic rings. The molecule has 1 aliphatic rings. The Morgan fingerprint density at radius 2 is 2.00 bits per heavy atom. The van der Waals surface area contributed by atoms with Gasteiger partial charge in [-0.05, 0) is 18.1 Å². The number of hydrogen-bond acceptors (Lipinski definition) is 3. The van der Waals surface area contributed by atoms with Gasteiger partial charge in [0.05, 0.1) is 0 Å². The fourth-order valence-corrected chi connectivity index (χ4v) is 2.71. The lowest BCUT2D eigenvalue weighted by Gasteiger charge is -2.43. The molecule has 2 atom stereocenters. The summed E-state index contributed by atoms with van der Waals surface area (Å²) < 4.78 is 0. The number of rotatable bonds is 3. The van der Waals surface area contributed by atoms with Crippen molar-refractivity contribution in [3.05, 3.63) is 35.4 Å². The van der Waals surface area contributed by atoms with E-state index < -0.39 is 11.5 Å². The van der Waals surface area contributed by atoms with Gasteiger partial charge < -0.3 is 10.0 Å². The summed E-state index contributed by atoms with van der Waals surface area (Å²) in [5, 5.41) is 9.58. The molecule has 1 amide bonds. The number of fused-ring (bicyclic) bond motifs is 1.